The Morgan fingerprint density at radius 1 is 0.917 bits per heavy atom. The highest BCUT2D eigenvalue weighted by atomic mass is 19.4. The molecule has 1 aliphatic heterocycles. The molecule has 0 spiro atoms. The number of amides is 2. The number of hydrogen-bond acceptors (Lipinski definition) is 2. The summed E-state index contributed by atoms with van der Waals surface area (Å²) in [6, 6.07) is 4.53. The number of carbonyl (C=O) groups excluding carboxylic acids is 2. The summed E-state index contributed by atoms with van der Waals surface area (Å²) in [5.41, 5.74) is -0.789. The minimum absolute atomic E-state index is 0.0484. The summed E-state index contributed by atoms with van der Waals surface area (Å²) in [6.45, 7) is 0. The van der Waals surface area contributed by atoms with Crippen LogP contribution in [0.3, 0.4) is 0 Å². The third-order valence-corrected chi connectivity index (χ3v) is 5.90. The van der Waals surface area contributed by atoms with E-state index in [1.165, 1.54) is 12.1 Å². The van der Waals surface area contributed by atoms with Crippen molar-refractivity contribution in [3.63, 3.8) is 0 Å². The van der Waals surface area contributed by atoms with Crippen LogP contribution in [0.5, 0.6) is 0 Å². The summed E-state index contributed by atoms with van der Waals surface area (Å²) in [5, 5.41) is 0. The molecule has 4 fully saturated rings. The third-order valence-electron chi connectivity index (χ3n) is 5.90. The Hall–Kier alpha value is -1.85. The predicted octanol–water partition coefficient (Wildman–Crippen LogP) is 4.02. The van der Waals surface area contributed by atoms with E-state index in [2.05, 4.69) is 0 Å². The monoisotopic (exact) mass is 337 g/mol. The van der Waals surface area contributed by atoms with E-state index >= 15 is 0 Å². The van der Waals surface area contributed by atoms with Gasteiger partial charge in [0.2, 0.25) is 11.8 Å². The molecule has 4 aliphatic rings. The highest BCUT2D eigenvalue weighted by Crippen LogP contribution is 2.51. The van der Waals surface area contributed by atoms with Crippen LogP contribution < -0.4 is 4.90 Å². The molecule has 3 saturated carbocycles. The van der Waals surface area contributed by atoms with Crippen LogP contribution in [0, 0.1) is 23.7 Å². The Balaban J connectivity index is 1.73. The molecule has 4 atom stereocenters. The second-order valence-corrected chi connectivity index (χ2v) is 7.14. The van der Waals surface area contributed by atoms with E-state index in [4.69, 9.17) is 0 Å². The number of halogens is 3. The molecule has 5 rings (SSSR count). The molecule has 3 aliphatic carbocycles. The molecule has 1 heterocycles. The van der Waals surface area contributed by atoms with E-state index in [1.54, 1.807) is 0 Å². The minimum Gasteiger partial charge on any atom is -0.274 e. The number of hydrogen-bond donors (Lipinski definition) is 0. The number of fused-ring (bicyclic) bond motifs is 3. The summed E-state index contributed by atoms with van der Waals surface area (Å²) in [7, 11) is 0. The molecule has 0 N–H and O–H groups in total. The van der Waals surface area contributed by atoms with Crippen LogP contribution in [0.4, 0.5) is 18.9 Å². The molecule has 1 aromatic rings. The van der Waals surface area contributed by atoms with Crippen LogP contribution in [0.2, 0.25) is 0 Å². The lowest BCUT2D eigenvalue weighted by Gasteiger charge is -2.32. The second-order valence-electron chi connectivity index (χ2n) is 7.14. The first-order valence-electron chi connectivity index (χ1n) is 8.43. The van der Waals surface area contributed by atoms with Gasteiger partial charge < -0.3 is 0 Å². The maximum atomic E-state index is 12.9. The lowest BCUT2D eigenvalue weighted by molar-refractivity contribution is -0.137. The Kier molecular flexibility index (Phi) is 3.48. The number of carbonyl (C=O) groups is 2. The fourth-order valence-corrected chi connectivity index (χ4v) is 4.86. The normalized spacial score (nSPS) is 32.9. The van der Waals surface area contributed by atoms with Gasteiger partial charge in [-0.25, -0.2) is 0 Å². The van der Waals surface area contributed by atoms with E-state index in [0.29, 0.717) is 0 Å². The smallest absolute Gasteiger partial charge is 0.274 e. The summed E-state index contributed by atoms with van der Waals surface area (Å²) < 4.78 is 38.8. The number of nitrogens with zero attached hydrogens (tertiary/aromatic N) is 1. The largest absolute Gasteiger partial charge is 0.416 e. The molecule has 128 valence electrons. The third kappa shape index (κ3) is 2.26. The molecule has 3 nitrogen and oxygen atoms in total. The van der Waals surface area contributed by atoms with Crippen molar-refractivity contribution < 1.29 is 22.8 Å². The van der Waals surface area contributed by atoms with Gasteiger partial charge in [-0.3, -0.25) is 14.5 Å². The van der Waals surface area contributed by atoms with Crippen molar-refractivity contribution in [1.82, 2.24) is 0 Å². The van der Waals surface area contributed by atoms with Crippen LogP contribution in [0.1, 0.15) is 37.7 Å². The number of alkyl halides is 3. The molecule has 2 unspecified atom stereocenters. The van der Waals surface area contributed by atoms with Crippen LogP contribution >= 0.6 is 0 Å². The van der Waals surface area contributed by atoms with E-state index in [1.807, 2.05) is 0 Å². The second kappa shape index (κ2) is 5.33. The first kappa shape index (κ1) is 15.7. The quantitative estimate of drug-likeness (QED) is 0.726. The van der Waals surface area contributed by atoms with Gasteiger partial charge in [0.15, 0.2) is 0 Å². The average molecular weight is 337 g/mol. The van der Waals surface area contributed by atoms with Crippen molar-refractivity contribution in [3.05, 3.63) is 29.8 Å². The van der Waals surface area contributed by atoms with E-state index in [0.717, 1.165) is 49.1 Å². The zero-order valence-electron chi connectivity index (χ0n) is 13.1. The van der Waals surface area contributed by atoms with Gasteiger partial charge in [0.05, 0.1) is 23.1 Å². The maximum absolute atomic E-state index is 12.9. The van der Waals surface area contributed by atoms with Gasteiger partial charge in [0, 0.05) is 0 Å². The predicted molar refractivity (Wildman–Crippen MR) is 81.0 cm³/mol. The lowest BCUT2D eigenvalue weighted by atomic mass is 9.69. The van der Waals surface area contributed by atoms with Crippen molar-refractivity contribution in [2.45, 2.75) is 38.3 Å². The summed E-state index contributed by atoms with van der Waals surface area (Å²) in [4.78, 5) is 26.8. The Labute approximate surface area is 137 Å². The molecule has 24 heavy (non-hydrogen) atoms. The molecular weight excluding hydrogens is 319 g/mol. The number of rotatable bonds is 1. The molecule has 1 saturated heterocycles. The van der Waals surface area contributed by atoms with Crippen LogP contribution in [-0.2, 0) is 15.8 Å². The number of imide groups is 1. The van der Waals surface area contributed by atoms with Crippen LogP contribution in [0.15, 0.2) is 24.3 Å². The van der Waals surface area contributed by atoms with Crippen molar-refractivity contribution in [1.29, 1.82) is 0 Å². The molecule has 0 aromatic heterocycles. The average Bonchev–Trinajstić information content (AvgIpc) is 2.74. The summed E-state index contributed by atoms with van der Waals surface area (Å²) in [6.07, 6.45) is 0.306. The van der Waals surface area contributed by atoms with Gasteiger partial charge >= 0.3 is 6.18 Å². The minimum atomic E-state index is -4.49. The Bertz CT molecular complexity index is 666. The molecule has 1 aromatic carbocycles. The summed E-state index contributed by atoms with van der Waals surface area (Å²) in [5.74, 6) is -0.898. The zero-order chi connectivity index (χ0) is 17.1. The van der Waals surface area contributed by atoms with Gasteiger partial charge in [-0.2, -0.15) is 13.2 Å². The molecule has 0 radical (unpaired) electrons. The fourth-order valence-electron chi connectivity index (χ4n) is 4.86. The van der Waals surface area contributed by atoms with Gasteiger partial charge in [-0.15, -0.1) is 0 Å². The van der Waals surface area contributed by atoms with Gasteiger partial charge in [0.1, 0.15) is 0 Å². The fraction of sp³-hybridized carbons (Fsp3) is 0.556. The SMILES string of the molecule is O=C1[C@@H]2C3CCCC(CC3)[C@@H]2C(=O)N1c1cccc(C(F)(F)F)c1. The van der Waals surface area contributed by atoms with Crippen LogP contribution in [0.25, 0.3) is 0 Å². The standard InChI is InChI=1S/C18H18F3NO2/c19-18(20,21)12-5-2-6-13(9-12)22-16(23)14-10-3-1-4-11(8-7-10)15(14)17(22)24/h2,5-6,9-11,14-15H,1,3-4,7-8H2/t10?,11?,14-,15+. The van der Waals surface area contributed by atoms with Gasteiger partial charge in [0.25, 0.3) is 0 Å². The zero-order valence-corrected chi connectivity index (χ0v) is 13.1. The number of anilines is 1. The summed E-state index contributed by atoms with van der Waals surface area (Å²) >= 11 is 0. The Morgan fingerprint density at radius 3 is 2.04 bits per heavy atom. The molecule has 2 bridgehead atoms. The van der Waals surface area contributed by atoms with Crippen molar-refractivity contribution in [2.75, 3.05) is 4.90 Å². The highest BCUT2D eigenvalue weighted by molar-refractivity contribution is 6.22. The van der Waals surface area contributed by atoms with Crippen molar-refractivity contribution in [3.8, 4) is 0 Å². The van der Waals surface area contributed by atoms with E-state index in [9.17, 15) is 22.8 Å². The van der Waals surface area contributed by atoms with Crippen LogP contribution in [-0.4, -0.2) is 11.8 Å². The highest BCUT2D eigenvalue weighted by Gasteiger charge is 2.57. The van der Waals surface area contributed by atoms with E-state index < -0.39 is 11.7 Å². The van der Waals surface area contributed by atoms with Crippen molar-refractivity contribution >= 4 is 17.5 Å². The topological polar surface area (TPSA) is 37.4 Å². The lowest BCUT2D eigenvalue weighted by Crippen LogP contribution is -2.34. The van der Waals surface area contributed by atoms with Gasteiger partial charge in [-0.05, 0) is 55.7 Å². The maximum Gasteiger partial charge on any atom is 0.416 e. The Morgan fingerprint density at radius 2 is 1.50 bits per heavy atom. The van der Waals surface area contributed by atoms with Crippen molar-refractivity contribution in [2.24, 2.45) is 23.7 Å². The molecular formula is C18H18F3NO2. The first-order chi connectivity index (χ1) is 11.4. The number of benzene rings is 1. The molecule has 6 heteroatoms. The van der Waals surface area contributed by atoms with Gasteiger partial charge in [-0.1, -0.05) is 12.5 Å². The molecule has 2 amide bonds. The first-order valence-corrected chi connectivity index (χ1v) is 8.43. The van der Waals surface area contributed by atoms with E-state index in [-0.39, 0.29) is 41.2 Å².